The van der Waals surface area contributed by atoms with E-state index in [9.17, 15) is 0 Å². The number of rotatable bonds is 7. The third-order valence-electron chi connectivity index (χ3n) is 3.98. The lowest BCUT2D eigenvalue weighted by molar-refractivity contribution is -0.858. The fourth-order valence-corrected chi connectivity index (χ4v) is 4.07. The lowest BCUT2D eigenvalue weighted by Gasteiger charge is -2.26. The number of anilines is 1. The number of nitrogens with one attached hydrogen (secondary N) is 2. The number of nitrogens with zero attached hydrogens (tertiary/aromatic N) is 1. The van der Waals surface area contributed by atoms with Crippen molar-refractivity contribution in [3.05, 3.63) is 50.7 Å². The number of hydrogen-bond donors (Lipinski definition) is 2. The van der Waals surface area contributed by atoms with Crippen molar-refractivity contribution in [3.63, 3.8) is 0 Å². The number of thiocarbonyl (C=S) groups is 1. The van der Waals surface area contributed by atoms with Gasteiger partial charge in [-0.05, 0) is 54.7 Å². The summed E-state index contributed by atoms with van der Waals surface area (Å²) in [5.74, 6) is 0. The van der Waals surface area contributed by atoms with E-state index in [0.717, 1.165) is 48.0 Å². The highest BCUT2D eigenvalue weighted by Gasteiger charge is 2.14. The molecule has 1 aromatic carbocycles. The molecule has 0 radical (unpaired) electrons. The van der Waals surface area contributed by atoms with Gasteiger partial charge in [0, 0.05) is 17.8 Å². The van der Waals surface area contributed by atoms with Crippen molar-refractivity contribution < 1.29 is 4.90 Å². The smallest absolute Gasteiger partial charge is 0.173 e. The third-order valence-corrected chi connectivity index (χ3v) is 5.50. The van der Waals surface area contributed by atoms with Crippen LogP contribution in [0.4, 0.5) is 5.69 Å². The van der Waals surface area contributed by atoms with Crippen LogP contribution in [0.5, 0.6) is 0 Å². The number of benzene rings is 1. The highest BCUT2D eigenvalue weighted by Crippen LogP contribution is 2.28. The van der Waals surface area contributed by atoms with Crippen molar-refractivity contribution >= 4 is 46.0 Å². The molecule has 0 saturated carbocycles. The van der Waals surface area contributed by atoms with Gasteiger partial charge in [0.2, 0.25) is 0 Å². The molecule has 0 amide bonds. The van der Waals surface area contributed by atoms with Crippen molar-refractivity contribution in [2.75, 3.05) is 32.5 Å². The molecular weight excluding hydrogens is 370 g/mol. The van der Waals surface area contributed by atoms with Gasteiger partial charge in [-0.15, -0.1) is 11.3 Å². The molecule has 25 heavy (non-hydrogen) atoms. The quantitative estimate of drug-likeness (QED) is 0.695. The van der Waals surface area contributed by atoms with Crippen molar-refractivity contribution in [1.29, 1.82) is 0 Å². The monoisotopic (exact) mass is 396 g/mol. The van der Waals surface area contributed by atoms with E-state index in [1.54, 1.807) is 11.3 Å². The van der Waals surface area contributed by atoms with Crippen molar-refractivity contribution in [2.45, 2.75) is 26.8 Å². The molecule has 1 heterocycles. The fourth-order valence-electron chi connectivity index (χ4n) is 2.73. The first kappa shape index (κ1) is 20.2. The Morgan fingerprint density at radius 3 is 2.68 bits per heavy atom. The molecule has 2 aromatic rings. The van der Waals surface area contributed by atoms with E-state index in [1.165, 1.54) is 9.78 Å². The van der Waals surface area contributed by atoms with Gasteiger partial charge in [0.05, 0.1) is 37.9 Å². The van der Waals surface area contributed by atoms with Crippen molar-refractivity contribution in [1.82, 2.24) is 4.90 Å². The Balaban J connectivity index is 2.11. The third kappa shape index (κ3) is 6.26. The van der Waals surface area contributed by atoms with E-state index in [0.29, 0.717) is 5.02 Å². The molecule has 0 atom stereocenters. The van der Waals surface area contributed by atoms with Crippen LogP contribution in [0, 0.1) is 13.8 Å². The van der Waals surface area contributed by atoms with Gasteiger partial charge < -0.3 is 15.1 Å². The Bertz CT molecular complexity index is 676. The molecule has 1 aromatic heterocycles. The van der Waals surface area contributed by atoms with Crippen LogP contribution in [0.3, 0.4) is 0 Å². The maximum Gasteiger partial charge on any atom is 0.173 e. The normalized spacial score (nSPS) is 11.0. The minimum Gasteiger partial charge on any atom is -0.344 e. The van der Waals surface area contributed by atoms with Crippen LogP contribution in [0.1, 0.15) is 22.4 Å². The van der Waals surface area contributed by atoms with Crippen LogP contribution in [-0.2, 0) is 6.54 Å². The molecule has 0 fully saturated rings. The van der Waals surface area contributed by atoms with Crippen LogP contribution in [0.2, 0.25) is 5.02 Å². The molecule has 0 spiro atoms. The molecule has 0 aliphatic rings. The summed E-state index contributed by atoms with van der Waals surface area (Å²) in [4.78, 5) is 5.00. The minimum absolute atomic E-state index is 0.716. The van der Waals surface area contributed by atoms with E-state index >= 15 is 0 Å². The van der Waals surface area contributed by atoms with Gasteiger partial charge in [-0.1, -0.05) is 23.7 Å². The van der Waals surface area contributed by atoms with Gasteiger partial charge in [-0.25, -0.2) is 0 Å². The van der Waals surface area contributed by atoms with E-state index in [2.05, 4.69) is 54.8 Å². The van der Waals surface area contributed by atoms with Crippen LogP contribution >= 0.6 is 35.2 Å². The number of quaternary nitrogens is 1. The first-order chi connectivity index (χ1) is 11.9. The van der Waals surface area contributed by atoms with Crippen molar-refractivity contribution in [2.24, 2.45) is 0 Å². The Hall–Kier alpha value is -1.14. The van der Waals surface area contributed by atoms with Gasteiger partial charge >= 0.3 is 0 Å². The largest absolute Gasteiger partial charge is 0.344 e. The topological polar surface area (TPSA) is 19.7 Å². The SMILES string of the molecule is Cc1cc(C)c(NC(=S)N(CCC[NH+](C)C)Cc2cccs2)c(Cl)c1. The second kappa shape index (κ2) is 9.53. The first-order valence-corrected chi connectivity index (χ1v) is 10.2. The van der Waals surface area contributed by atoms with Crippen LogP contribution in [-0.4, -0.2) is 37.2 Å². The summed E-state index contributed by atoms with van der Waals surface area (Å²) in [6.45, 7) is 6.98. The predicted molar refractivity (Wildman–Crippen MR) is 114 cm³/mol. The zero-order chi connectivity index (χ0) is 18.4. The lowest BCUT2D eigenvalue weighted by atomic mass is 10.1. The predicted octanol–water partition coefficient (Wildman–Crippen LogP) is 3.75. The molecule has 136 valence electrons. The number of thiophene rings is 1. The Morgan fingerprint density at radius 2 is 2.08 bits per heavy atom. The average Bonchev–Trinajstić information content (AvgIpc) is 3.02. The van der Waals surface area contributed by atoms with E-state index < -0.39 is 0 Å². The van der Waals surface area contributed by atoms with Crippen LogP contribution < -0.4 is 10.2 Å². The maximum atomic E-state index is 6.43. The maximum absolute atomic E-state index is 6.43. The highest BCUT2D eigenvalue weighted by atomic mass is 35.5. The molecule has 0 bridgehead atoms. The van der Waals surface area contributed by atoms with E-state index in [1.807, 2.05) is 13.0 Å². The molecular formula is C19H27ClN3S2+. The molecule has 6 heteroatoms. The fraction of sp³-hybridized carbons (Fsp3) is 0.421. The molecule has 0 aliphatic heterocycles. The van der Waals surface area contributed by atoms with E-state index in [4.69, 9.17) is 23.8 Å². The Labute approximate surface area is 165 Å². The molecule has 0 unspecified atom stereocenters. The Morgan fingerprint density at radius 1 is 1.32 bits per heavy atom. The zero-order valence-corrected chi connectivity index (χ0v) is 17.7. The molecule has 2 N–H and O–H groups in total. The summed E-state index contributed by atoms with van der Waals surface area (Å²) in [7, 11) is 4.35. The summed E-state index contributed by atoms with van der Waals surface area (Å²) in [5, 5.41) is 6.93. The number of aryl methyl sites for hydroxylation is 2. The lowest BCUT2D eigenvalue weighted by Crippen LogP contribution is -3.05. The van der Waals surface area contributed by atoms with Crippen LogP contribution in [0.15, 0.2) is 29.6 Å². The zero-order valence-electron chi connectivity index (χ0n) is 15.4. The summed E-state index contributed by atoms with van der Waals surface area (Å²) >= 11 is 13.9. The second-order valence-electron chi connectivity index (χ2n) is 6.68. The molecule has 3 nitrogen and oxygen atoms in total. The van der Waals surface area contributed by atoms with Gasteiger partial charge in [0.1, 0.15) is 0 Å². The van der Waals surface area contributed by atoms with Gasteiger partial charge in [-0.2, -0.15) is 0 Å². The van der Waals surface area contributed by atoms with Crippen LogP contribution in [0.25, 0.3) is 0 Å². The average molecular weight is 397 g/mol. The molecule has 2 rings (SSSR count). The van der Waals surface area contributed by atoms with Crippen molar-refractivity contribution in [3.8, 4) is 0 Å². The minimum atomic E-state index is 0.716. The van der Waals surface area contributed by atoms with Gasteiger partial charge in [-0.3, -0.25) is 0 Å². The standard InChI is InChI=1S/C19H26ClN3S2/c1-14-11-15(2)18(17(20)12-14)21-19(24)23(9-6-8-22(3)4)13-16-7-5-10-25-16/h5,7,10-12H,6,8-9,13H2,1-4H3,(H,21,24)/p+1. The molecule has 0 aliphatic carbocycles. The second-order valence-corrected chi connectivity index (χ2v) is 8.51. The number of halogens is 1. The summed E-state index contributed by atoms with van der Waals surface area (Å²) in [6, 6.07) is 8.33. The van der Waals surface area contributed by atoms with Gasteiger partial charge in [0.25, 0.3) is 0 Å². The van der Waals surface area contributed by atoms with Gasteiger partial charge in [0.15, 0.2) is 5.11 Å². The summed E-state index contributed by atoms with van der Waals surface area (Å²) < 4.78 is 0. The first-order valence-electron chi connectivity index (χ1n) is 8.51. The highest BCUT2D eigenvalue weighted by molar-refractivity contribution is 7.80. The summed E-state index contributed by atoms with van der Waals surface area (Å²) in [5.41, 5.74) is 3.18. The molecule has 0 saturated heterocycles. The van der Waals surface area contributed by atoms with E-state index in [-0.39, 0.29) is 0 Å². The summed E-state index contributed by atoms with van der Waals surface area (Å²) in [6.07, 6.45) is 1.09. The number of hydrogen-bond acceptors (Lipinski definition) is 2. The Kier molecular flexibility index (Phi) is 7.69.